The molecule has 4 rings (SSSR count). The van der Waals surface area contributed by atoms with Gasteiger partial charge >= 0.3 is 0 Å². The standard InChI is InChI=1S/C20H24N2O4/c1-13-2-5-16(10-17(13)25-11-14-6-8-24-9-7-14)22-20(23)19-18(15-3-4-15)21-12-26-19/h2,5,10,12,14-15H,3-4,6-9,11H2,1H3,(H,22,23). The van der Waals surface area contributed by atoms with Gasteiger partial charge in [0.2, 0.25) is 5.76 Å². The highest BCUT2D eigenvalue weighted by atomic mass is 16.5. The Morgan fingerprint density at radius 1 is 1.27 bits per heavy atom. The monoisotopic (exact) mass is 356 g/mol. The second-order valence-electron chi connectivity index (χ2n) is 7.14. The van der Waals surface area contributed by atoms with Gasteiger partial charge in [-0.05, 0) is 50.2 Å². The number of aryl methyl sites for hydroxylation is 1. The minimum Gasteiger partial charge on any atom is -0.493 e. The lowest BCUT2D eigenvalue weighted by atomic mass is 10.0. The molecule has 2 aliphatic rings. The summed E-state index contributed by atoms with van der Waals surface area (Å²) in [5.41, 5.74) is 2.51. The number of hydrogen-bond donors (Lipinski definition) is 1. The molecule has 138 valence electrons. The highest BCUT2D eigenvalue weighted by Gasteiger charge is 2.32. The van der Waals surface area contributed by atoms with E-state index in [4.69, 9.17) is 13.9 Å². The lowest BCUT2D eigenvalue weighted by Gasteiger charge is -2.22. The summed E-state index contributed by atoms with van der Waals surface area (Å²) < 4.78 is 16.7. The number of oxazole rings is 1. The van der Waals surface area contributed by atoms with Gasteiger partial charge in [0.1, 0.15) is 5.75 Å². The van der Waals surface area contributed by atoms with Crippen molar-refractivity contribution in [2.75, 3.05) is 25.1 Å². The molecule has 2 fully saturated rings. The van der Waals surface area contributed by atoms with Crippen molar-refractivity contribution >= 4 is 11.6 Å². The van der Waals surface area contributed by atoms with E-state index < -0.39 is 0 Å². The number of amides is 1. The fraction of sp³-hybridized carbons (Fsp3) is 0.500. The summed E-state index contributed by atoms with van der Waals surface area (Å²) in [4.78, 5) is 16.7. The third-order valence-corrected chi connectivity index (χ3v) is 5.03. The van der Waals surface area contributed by atoms with E-state index in [0.717, 1.165) is 55.9 Å². The molecule has 2 heterocycles. The number of rotatable bonds is 6. The maximum Gasteiger partial charge on any atom is 0.293 e. The predicted octanol–water partition coefficient (Wildman–Crippen LogP) is 3.92. The Labute approximate surface area is 152 Å². The van der Waals surface area contributed by atoms with Gasteiger partial charge < -0.3 is 19.2 Å². The van der Waals surface area contributed by atoms with E-state index in [1.54, 1.807) is 0 Å². The molecular weight excluding hydrogens is 332 g/mol. The second kappa shape index (κ2) is 7.50. The quantitative estimate of drug-likeness (QED) is 0.849. The fourth-order valence-corrected chi connectivity index (χ4v) is 3.21. The van der Waals surface area contributed by atoms with Gasteiger partial charge in [0.15, 0.2) is 6.39 Å². The maximum absolute atomic E-state index is 12.5. The first-order valence-corrected chi connectivity index (χ1v) is 9.26. The van der Waals surface area contributed by atoms with E-state index in [0.29, 0.717) is 29.9 Å². The molecule has 6 heteroatoms. The first-order valence-electron chi connectivity index (χ1n) is 9.26. The van der Waals surface area contributed by atoms with Crippen molar-refractivity contribution < 1.29 is 18.7 Å². The molecule has 0 bridgehead atoms. The largest absolute Gasteiger partial charge is 0.493 e. The van der Waals surface area contributed by atoms with Crippen molar-refractivity contribution in [3.63, 3.8) is 0 Å². The fourth-order valence-electron chi connectivity index (χ4n) is 3.21. The van der Waals surface area contributed by atoms with Gasteiger partial charge in [-0.3, -0.25) is 4.79 Å². The molecule has 0 unspecified atom stereocenters. The third-order valence-electron chi connectivity index (χ3n) is 5.03. The van der Waals surface area contributed by atoms with E-state index in [-0.39, 0.29) is 5.91 Å². The van der Waals surface area contributed by atoms with Gasteiger partial charge in [-0.15, -0.1) is 0 Å². The van der Waals surface area contributed by atoms with Gasteiger partial charge in [-0.2, -0.15) is 0 Å². The Bertz CT molecular complexity index is 776. The molecule has 1 amide bonds. The van der Waals surface area contributed by atoms with Gasteiger partial charge in [0.25, 0.3) is 5.91 Å². The highest BCUT2D eigenvalue weighted by molar-refractivity contribution is 6.03. The van der Waals surface area contributed by atoms with Crippen molar-refractivity contribution in [3.05, 3.63) is 41.6 Å². The molecule has 26 heavy (non-hydrogen) atoms. The van der Waals surface area contributed by atoms with Crippen molar-refractivity contribution in [1.82, 2.24) is 4.98 Å². The zero-order valence-electron chi connectivity index (χ0n) is 15.0. The minimum atomic E-state index is -0.261. The summed E-state index contributed by atoms with van der Waals surface area (Å²) in [6.07, 6.45) is 5.55. The average Bonchev–Trinajstić information content (AvgIpc) is 3.39. The molecule has 1 saturated heterocycles. The van der Waals surface area contributed by atoms with Crippen molar-refractivity contribution in [2.24, 2.45) is 5.92 Å². The van der Waals surface area contributed by atoms with Crippen LogP contribution in [0.2, 0.25) is 0 Å². The molecule has 1 aliphatic carbocycles. The maximum atomic E-state index is 12.5. The Morgan fingerprint density at radius 2 is 2.08 bits per heavy atom. The van der Waals surface area contributed by atoms with Crippen LogP contribution in [0.3, 0.4) is 0 Å². The normalized spacial score (nSPS) is 17.9. The van der Waals surface area contributed by atoms with Crippen LogP contribution in [0.15, 0.2) is 29.0 Å². The minimum absolute atomic E-state index is 0.261. The Hall–Kier alpha value is -2.34. The molecule has 1 aliphatic heterocycles. The molecule has 6 nitrogen and oxygen atoms in total. The summed E-state index contributed by atoms with van der Waals surface area (Å²) in [7, 11) is 0. The number of hydrogen-bond acceptors (Lipinski definition) is 5. The van der Waals surface area contributed by atoms with Gasteiger partial charge in [0.05, 0.1) is 12.3 Å². The zero-order valence-corrected chi connectivity index (χ0v) is 15.0. The van der Waals surface area contributed by atoms with Gasteiger partial charge in [-0.25, -0.2) is 4.98 Å². The number of ether oxygens (including phenoxy) is 2. The summed E-state index contributed by atoms with van der Waals surface area (Å²) in [5, 5.41) is 2.90. The molecule has 2 aromatic rings. The Morgan fingerprint density at radius 3 is 2.85 bits per heavy atom. The number of carbonyl (C=O) groups is 1. The molecular formula is C20H24N2O4. The zero-order chi connectivity index (χ0) is 17.9. The van der Waals surface area contributed by atoms with Crippen LogP contribution in [0, 0.1) is 12.8 Å². The number of nitrogens with one attached hydrogen (secondary N) is 1. The van der Waals surface area contributed by atoms with E-state index >= 15 is 0 Å². The van der Waals surface area contributed by atoms with E-state index in [2.05, 4.69) is 10.3 Å². The molecule has 1 saturated carbocycles. The van der Waals surface area contributed by atoms with E-state index in [1.165, 1.54) is 6.39 Å². The van der Waals surface area contributed by atoms with Crippen LogP contribution >= 0.6 is 0 Å². The van der Waals surface area contributed by atoms with Crippen molar-refractivity contribution in [3.8, 4) is 5.75 Å². The number of nitrogens with zero attached hydrogens (tertiary/aromatic N) is 1. The van der Waals surface area contributed by atoms with Gasteiger partial charge in [0, 0.05) is 30.9 Å². The van der Waals surface area contributed by atoms with Crippen LogP contribution in [0.25, 0.3) is 0 Å². The van der Waals surface area contributed by atoms with E-state index in [1.807, 2.05) is 25.1 Å². The molecule has 1 aromatic carbocycles. The van der Waals surface area contributed by atoms with Crippen LogP contribution in [-0.4, -0.2) is 30.7 Å². The lowest BCUT2D eigenvalue weighted by Crippen LogP contribution is -2.21. The third kappa shape index (κ3) is 3.90. The van der Waals surface area contributed by atoms with Crippen LogP contribution in [0.4, 0.5) is 5.69 Å². The Kier molecular flexibility index (Phi) is 4.93. The summed E-state index contributed by atoms with van der Waals surface area (Å²) >= 11 is 0. The first kappa shape index (κ1) is 17.1. The predicted molar refractivity (Wildman–Crippen MR) is 96.6 cm³/mol. The number of carbonyl (C=O) groups excluding carboxylic acids is 1. The van der Waals surface area contributed by atoms with Crippen LogP contribution in [-0.2, 0) is 4.74 Å². The summed E-state index contributed by atoms with van der Waals surface area (Å²) in [6.45, 7) is 4.30. The Balaban J connectivity index is 1.41. The number of anilines is 1. The first-order chi connectivity index (χ1) is 12.7. The van der Waals surface area contributed by atoms with Crippen LogP contribution in [0.5, 0.6) is 5.75 Å². The van der Waals surface area contributed by atoms with Gasteiger partial charge in [-0.1, -0.05) is 6.07 Å². The number of aromatic nitrogens is 1. The smallest absolute Gasteiger partial charge is 0.293 e. The van der Waals surface area contributed by atoms with Crippen molar-refractivity contribution in [2.45, 2.75) is 38.5 Å². The second-order valence-corrected chi connectivity index (χ2v) is 7.14. The van der Waals surface area contributed by atoms with Crippen LogP contribution in [0.1, 0.15) is 53.4 Å². The topological polar surface area (TPSA) is 73.6 Å². The molecule has 1 N–H and O–H groups in total. The average molecular weight is 356 g/mol. The molecule has 0 atom stereocenters. The number of benzene rings is 1. The van der Waals surface area contributed by atoms with Crippen molar-refractivity contribution in [1.29, 1.82) is 0 Å². The SMILES string of the molecule is Cc1ccc(NC(=O)c2ocnc2C2CC2)cc1OCC1CCOCC1. The van der Waals surface area contributed by atoms with E-state index in [9.17, 15) is 4.79 Å². The molecule has 0 spiro atoms. The molecule has 0 radical (unpaired) electrons. The van der Waals surface area contributed by atoms with Crippen LogP contribution < -0.4 is 10.1 Å². The molecule has 1 aromatic heterocycles. The lowest BCUT2D eigenvalue weighted by molar-refractivity contribution is 0.0496. The summed E-state index contributed by atoms with van der Waals surface area (Å²) in [5.74, 6) is 1.75. The highest BCUT2D eigenvalue weighted by Crippen LogP contribution is 2.40. The summed E-state index contributed by atoms with van der Waals surface area (Å²) in [6, 6.07) is 5.71.